The zero-order valence-electron chi connectivity index (χ0n) is 13.5. The van der Waals surface area contributed by atoms with E-state index in [0.29, 0.717) is 5.89 Å². The molecule has 4 rings (SSSR count). The van der Waals surface area contributed by atoms with E-state index in [1.165, 1.54) is 0 Å². The van der Waals surface area contributed by atoms with Crippen LogP contribution in [0.4, 0.5) is 0 Å². The summed E-state index contributed by atoms with van der Waals surface area (Å²) in [5, 5.41) is 3.99. The Morgan fingerprint density at radius 3 is 3.17 bits per heavy atom. The van der Waals surface area contributed by atoms with Gasteiger partial charge in [0.2, 0.25) is 11.8 Å². The lowest BCUT2D eigenvalue weighted by Gasteiger charge is -2.23. The van der Waals surface area contributed by atoms with Crippen LogP contribution in [0.3, 0.4) is 0 Å². The Bertz CT molecular complexity index is 821. The molecule has 0 aliphatic carbocycles. The number of aromatic amines is 1. The minimum atomic E-state index is 0.111. The summed E-state index contributed by atoms with van der Waals surface area (Å²) in [6, 6.07) is 6.15. The fourth-order valence-corrected chi connectivity index (χ4v) is 3.92. The lowest BCUT2D eigenvalue weighted by atomic mass is 10.1. The number of thiophene rings is 1. The molecule has 0 bridgehead atoms. The van der Waals surface area contributed by atoms with E-state index in [4.69, 9.17) is 4.42 Å². The van der Waals surface area contributed by atoms with Crippen molar-refractivity contribution in [1.29, 1.82) is 0 Å². The quantitative estimate of drug-likeness (QED) is 0.782. The fraction of sp³-hybridized carbons (Fsp3) is 0.333. The van der Waals surface area contributed by atoms with Gasteiger partial charge in [-0.05, 0) is 43.3 Å². The van der Waals surface area contributed by atoms with Crippen molar-refractivity contribution >= 4 is 17.2 Å². The number of hydrogen-bond acceptors (Lipinski definition) is 4. The van der Waals surface area contributed by atoms with Crippen LogP contribution in [0.1, 0.15) is 36.0 Å². The standard InChI is InChI=1S/C18H19N3O2S/c1-12-15(20-18(23-12)13-6-9-24-11-13)10-17(22)21-8-3-5-16(21)14-4-2-7-19-14/h2,4,6-7,9,11,16,19H,3,5,8,10H2,1H3/t16-/m0/s1. The molecule has 0 saturated carbocycles. The number of aryl methyl sites for hydroxylation is 1. The van der Waals surface area contributed by atoms with Crippen LogP contribution in [0.2, 0.25) is 0 Å². The molecule has 1 fully saturated rings. The van der Waals surface area contributed by atoms with Crippen molar-refractivity contribution in [3.8, 4) is 11.5 Å². The minimum absolute atomic E-state index is 0.111. The molecule has 0 radical (unpaired) electrons. The summed E-state index contributed by atoms with van der Waals surface area (Å²) in [4.78, 5) is 22.5. The van der Waals surface area contributed by atoms with Gasteiger partial charge in [0, 0.05) is 29.4 Å². The Kier molecular flexibility index (Phi) is 3.98. The number of oxazole rings is 1. The SMILES string of the molecule is Cc1oc(-c2ccsc2)nc1CC(=O)N1CCC[C@H]1c1ccc[nH]1. The summed E-state index contributed by atoms with van der Waals surface area (Å²) >= 11 is 1.60. The predicted molar refractivity (Wildman–Crippen MR) is 92.7 cm³/mol. The van der Waals surface area contributed by atoms with E-state index >= 15 is 0 Å². The molecule has 24 heavy (non-hydrogen) atoms. The topological polar surface area (TPSA) is 62.1 Å². The molecule has 1 saturated heterocycles. The maximum Gasteiger partial charge on any atom is 0.229 e. The Morgan fingerprint density at radius 2 is 2.42 bits per heavy atom. The lowest BCUT2D eigenvalue weighted by molar-refractivity contribution is -0.131. The molecule has 1 aliphatic heterocycles. The van der Waals surface area contributed by atoms with Crippen molar-refractivity contribution in [3.05, 3.63) is 52.3 Å². The van der Waals surface area contributed by atoms with Gasteiger partial charge in [0.1, 0.15) is 5.76 Å². The van der Waals surface area contributed by atoms with E-state index in [-0.39, 0.29) is 18.4 Å². The number of aromatic nitrogens is 2. The number of nitrogens with one attached hydrogen (secondary N) is 1. The van der Waals surface area contributed by atoms with Gasteiger partial charge in [-0.3, -0.25) is 4.79 Å². The first kappa shape index (κ1) is 15.2. The highest BCUT2D eigenvalue weighted by molar-refractivity contribution is 7.08. The van der Waals surface area contributed by atoms with Crippen molar-refractivity contribution in [2.24, 2.45) is 0 Å². The van der Waals surface area contributed by atoms with Gasteiger partial charge in [-0.25, -0.2) is 4.98 Å². The third kappa shape index (κ3) is 2.78. The highest BCUT2D eigenvalue weighted by Crippen LogP contribution is 2.32. The van der Waals surface area contributed by atoms with Crippen molar-refractivity contribution < 1.29 is 9.21 Å². The van der Waals surface area contributed by atoms with Gasteiger partial charge in [-0.2, -0.15) is 11.3 Å². The smallest absolute Gasteiger partial charge is 0.229 e. The molecule has 1 aliphatic rings. The fourth-order valence-electron chi connectivity index (χ4n) is 3.29. The number of hydrogen-bond donors (Lipinski definition) is 1. The largest absolute Gasteiger partial charge is 0.441 e. The van der Waals surface area contributed by atoms with E-state index in [1.807, 2.05) is 47.0 Å². The lowest BCUT2D eigenvalue weighted by Crippen LogP contribution is -2.32. The van der Waals surface area contributed by atoms with Gasteiger partial charge in [0.05, 0.1) is 18.2 Å². The van der Waals surface area contributed by atoms with Crippen LogP contribution >= 0.6 is 11.3 Å². The van der Waals surface area contributed by atoms with Crippen LogP contribution in [0.15, 0.2) is 39.6 Å². The Morgan fingerprint density at radius 1 is 1.50 bits per heavy atom. The van der Waals surface area contributed by atoms with Crippen molar-refractivity contribution in [2.45, 2.75) is 32.2 Å². The van der Waals surface area contributed by atoms with Crippen LogP contribution in [-0.4, -0.2) is 27.3 Å². The van der Waals surface area contributed by atoms with E-state index in [9.17, 15) is 4.79 Å². The molecule has 1 amide bonds. The normalized spacial score (nSPS) is 17.5. The molecule has 1 N–H and O–H groups in total. The average Bonchev–Trinajstić information content (AvgIpc) is 3.36. The number of carbonyl (C=O) groups excluding carboxylic acids is 1. The number of nitrogens with zero attached hydrogens (tertiary/aromatic N) is 2. The number of H-pyrrole nitrogens is 1. The molecule has 124 valence electrons. The van der Waals surface area contributed by atoms with Crippen LogP contribution in [0, 0.1) is 6.92 Å². The van der Waals surface area contributed by atoms with E-state index in [1.54, 1.807) is 11.3 Å². The number of carbonyl (C=O) groups is 1. The molecular weight excluding hydrogens is 322 g/mol. The molecule has 4 heterocycles. The minimum Gasteiger partial charge on any atom is -0.441 e. The molecular formula is C18H19N3O2S. The maximum absolute atomic E-state index is 12.8. The summed E-state index contributed by atoms with van der Waals surface area (Å²) in [6.07, 6.45) is 4.24. The number of likely N-dealkylation sites (tertiary alicyclic amines) is 1. The second-order valence-corrected chi connectivity index (χ2v) is 6.86. The van der Waals surface area contributed by atoms with E-state index in [2.05, 4.69) is 9.97 Å². The second kappa shape index (κ2) is 6.28. The first-order chi connectivity index (χ1) is 11.7. The first-order valence-electron chi connectivity index (χ1n) is 8.14. The van der Waals surface area contributed by atoms with Gasteiger partial charge >= 0.3 is 0 Å². The van der Waals surface area contributed by atoms with E-state index in [0.717, 1.165) is 42.1 Å². The van der Waals surface area contributed by atoms with Gasteiger partial charge in [0.25, 0.3) is 0 Å². The molecule has 1 atom stereocenters. The third-order valence-electron chi connectivity index (χ3n) is 4.53. The van der Waals surface area contributed by atoms with Crippen molar-refractivity contribution in [2.75, 3.05) is 6.54 Å². The second-order valence-electron chi connectivity index (χ2n) is 6.08. The maximum atomic E-state index is 12.8. The predicted octanol–water partition coefficient (Wildman–Crippen LogP) is 3.95. The van der Waals surface area contributed by atoms with E-state index < -0.39 is 0 Å². The Balaban J connectivity index is 1.52. The third-order valence-corrected chi connectivity index (χ3v) is 5.22. The summed E-state index contributed by atoms with van der Waals surface area (Å²) < 4.78 is 5.74. The summed E-state index contributed by atoms with van der Waals surface area (Å²) in [5.41, 5.74) is 2.81. The number of amides is 1. The molecule has 0 spiro atoms. The first-order valence-corrected chi connectivity index (χ1v) is 9.08. The zero-order valence-corrected chi connectivity index (χ0v) is 14.3. The van der Waals surface area contributed by atoms with Gasteiger partial charge in [-0.1, -0.05) is 0 Å². The Labute approximate surface area is 144 Å². The molecule has 5 nitrogen and oxygen atoms in total. The van der Waals surface area contributed by atoms with Crippen LogP contribution in [-0.2, 0) is 11.2 Å². The highest BCUT2D eigenvalue weighted by Gasteiger charge is 2.31. The van der Waals surface area contributed by atoms with Crippen molar-refractivity contribution in [1.82, 2.24) is 14.9 Å². The Hall–Kier alpha value is -2.34. The molecule has 3 aromatic rings. The molecule has 0 unspecified atom stereocenters. The van der Waals surface area contributed by atoms with Crippen LogP contribution in [0.25, 0.3) is 11.5 Å². The number of rotatable bonds is 4. The summed E-state index contributed by atoms with van der Waals surface area (Å²) in [7, 11) is 0. The van der Waals surface area contributed by atoms with Gasteiger partial charge in [0.15, 0.2) is 0 Å². The highest BCUT2D eigenvalue weighted by atomic mass is 32.1. The molecule has 0 aromatic carbocycles. The van der Waals surface area contributed by atoms with Crippen LogP contribution in [0.5, 0.6) is 0 Å². The monoisotopic (exact) mass is 341 g/mol. The average molecular weight is 341 g/mol. The van der Waals surface area contributed by atoms with Crippen molar-refractivity contribution in [3.63, 3.8) is 0 Å². The zero-order chi connectivity index (χ0) is 16.5. The molecule has 3 aromatic heterocycles. The summed E-state index contributed by atoms with van der Waals surface area (Å²) in [6.45, 7) is 2.68. The van der Waals surface area contributed by atoms with Gasteiger partial charge < -0.3 is 14.3 Å². The van der Waals surface area contributed by atoms with Gasteiger partial charge in [-0.15, -0.1) is 0 Å². The molecule has 6 heteroatoms. The van der Waals surface area contributed by atoms with Crippen LogP contribution < -0.4 is 0 Å². The summed E-state index contributed by atoms with van der Waals surface area (Å²) in [5.74, 6) is 1.43.